The molecule has 19 heavy (non-hydrogen) atoms. The molecule has 0 unspecified atom stereocenters. The van der Waals surface area contributed by atoms with Crippen LogP contribution in [0.3, 0.4) is 0 Å². The van der Waals surface area contributed by atoms with Crippen LogP contribution in [0.15, 0.2) is 16.9 Å². The third-order valence-corrected chi connectivity index (χ3v) is 3.08. The Morgan fingerprint density at radius 2 is 1.95 bits per heavy atom. The monoisotopic (exact) mass is 266 g/mol. The number of hydrogen-bond acceptors (Lipinski definition) is 3. The lowest BCUT2D eigenvalue weighted by Crippen LogP contribution is -2.39. The standard InChI is InChI=1S/C13H18N2O4/c1-8(2)14(4)11(16)7-15-9(3)5-6-10(12(15)17)13(18)19/h5-6,8H,7H2,1-4H3,(H,18,19). The maximum absolute atomic E-state index is 12.0. The van der Waals surface area contributed by atoms with E-state index in [0.29, 0.717) is 5.69 Å². The summed E-state index contributed by atoms with van der Waals surface area (Å²) in [6.07, 6.45) is 0. The zero-order valence-corrected chi connectivity index (χ0v) is 11.5. The van der Waals surface area contributed by atoms with Crippen molar-refractivity contribution in [3.05, 3.63) is 33.7 Å². The van der Waals surface area contributed by atoms with Crippen LogP contribution in [0, 0.1) is 6.92 Å². The average Bonchev–Trinajstić information content (AvgIpc) is 2.32. The summed E-state index contributed by atoms with van der Waals surface area (Å²) < 4.78 is 1.19. The van der Waals surface area contributed by atoms with Gasteiger partial charge in [0.15, 0.2) is 0 Å². The first-order valence-electron chi connectivity index (χ1n) is 5.95. The highest BCUT2D eigenvalue weighted by atomic mass is 16.4. The molecule has 0 aliphatic heterocycles. The smallest absolute Gasteiger partial charge is 0.341 e. The van der Waals surface area contributed by atoms with E-state index in [9.17, 15) is 14.4 Å². The minimum absolute atomic E-state index is 0.0196. The van der Waals surface area contributed by atoms with Gasteiger partial charge in [-0.2, -0.15) is 0 Å². The Bertz CT molecular complexity index is 560. The van der Waals surface area contributed by atoms with Gasteiger partial charge in [0.05, 0.1) is 0 Å². The van der Waals surface area contributed by atoms with Crippen molar-refractivity contribution in [2.24, 2.45) is 0 Å². The molecule has 0 atom stereocenters. The third-order valence-electron chi connectivity index (χ3n) is 3.08. The summed E-state index contributed by atoms with van der Waals surface area (Å²) in [6.45, 7) is 5.23. The fourth-order valence-corrected chi connectivity index (χ4v) is 1.56. The van der Waals surface area contributed by atoms with Gasteiger partial charge in [0.2, 0.25) is 5.91 Å². The fraction of sp³-hybridized carbons (Fsp3) is 0.462. The molecule has 0 aliphatic carbocycles. The van der Waals surface area contributed by atoms with E-state index in [-0.39, 0.29) is 24.1 Å². The zero-order chi connectivity index (χ0) is 14.7. The van der Waals surface area contributed by atoms with Crippen LogP contribution in [0.25, 0.3) is 0 Å². The molecule has 0 saturated carbocycles. The normalized spacial score (nSPS) is 10.6. The lowest BCUT2D eigenvalue weighted by molar-refractivity contribution is -0.132. The maximum Gasteiger partial charge on any atom is 0.341 e. The predicted octanol–water partition coefficient (Wildman–Crippen LogP) is 0.722. The number of carboxylic acids is 1. The van der Waals surface area contributed by atoms with Gasteiger partial charge in [-0.1, -0.05) is 0 Å². The molecule has 104 valence electrons. The number of nitrogens with zero attached hydrogens (tertiary/aromatic N) is 2. The van der Waals surface area contributed by atoms with Crippen molar-refractivity contribution in [3.63, 3.8) is 0 Å². The topological polar surface area (TPSA) is 79.6 Å². The molecule has 1 aromatic heterocycles. The van der Waals surface area contributed by atoms with Gasteiger partial charge < -0.3 is 14.6 Å². The van der Waals surface area contributed by atoms with Crippen molar-refractivity contribution in [2.75, 3.05) is 7.05 Å². The summed E-state index contributed by atoms with van der Waals surface area (Å²) in [5.74, 6) is -1.52. The van der Waals surface area contributed by atoms with Crippen LogP contribution in [0.1, 0.15) is 29.9 Å². The van der Waals surface area contributed by atoms with Gasteiger partial charge in [-0.15, -0.1) is 0 Å². The lowest BCUT2D eigenvalue weighted by Gasteiger charge is -2.22. The summed E-state index contributed by atoms with van der Waals surface area (Å²) in [5, 5.41) is 8.90. The van der Waals surface area contributed by atoms with Crippen LogP contribution in [0.4, 0.5) is 0 Å². The molecule has 0 saturated heterocycles. The van der Waals surface area contributed by atoms with Crippen LogP contribution < -0.4 is 5.56 Å². The van der Waals surface area contributed by atoms with Crippen molar-refractivity contribution >= 4 is 11.9 Å². The Morgan fingerprint density at radius 1 is 1.37 bits per heavy atom. The second-order valence-electron chi connectivity index (χ2n) is 4.68. The van der Waals surface area contributed by atoms with Crippen molar-refractivity contribution in [1.82, 2.24) is 9.47 Å². The van der Waals surface area contributed by atoms with E-state index in [4.69, 9.17) is 5.11 Å². The van der Waals surface area contributed by atoms with E-state index in [1.807, 2.05) is 13.8 Å². The summed E-state index contributed by atoms with van der Waals surface area (Å²) >= 11 is 0. The predicted molar refractivity (Wildman–Crippen MR) is 70.3 cm³/mol. The number of rotatable bonds is 4. The van der Waals surface area contributed by atoms with E-state index in [1.54, 1.807) is 14.0 Å². The van der Waals surface area contributed by atoms with Gasteiger partial charge in [0.25, 0.3) is 5.56 Å². The molecular weight excluding hydrogens is 248 g/mol. The van der Waals surface area contributed by atoms with E-state index in [0.717, 1.165) is 0 Å². The number of aryl methyl sites for hydroxylation is 1. The number of aromatic nitrogens is 1. The summed E-state index contributed by atoms with van der Waals surface area (Å²) in [5.41, 5.74) is -0.427. The molecule has 0 fully saturated rings. The van der Waals surface area contributed by atoms with E-state index in [2.05, 4.69) is 0 Å². The van der Waals surface area contributed by atoms with Gasteiger partial charge in [-0.05, 0) is 32.9 Å². The van der Waals surface area contributed by atoms with Crippen LogP contribution in [-0.2, 0) is 11.3 Å². The molecule has 0 bridgehead atoms. The molecule has 6 nitrogen and oxygen atoms in total. The van der Waals surface area contributed by atoms with Gasteiger partial charge >= 0.3 is 5.97 Å². The number of carbonyl (C=O) groups excluding carboxylic acids is 1. The van der Waals surface area contributed by atoms with Crippen LogP contribution in [-0.4, -0.2) is 39.5 Å². The summed E-state index contributed by atoms with van der Waals surface area (Å²) in [4.78, 5) is 36.3. The van der Waals surface area contributed by atoms with Gasteiger partial charge in [-0.3, -0.25) is 9.59 Å². The van der Waals surface area contributed by atoms with Crippen LogP contribution in [0.5, 0.6) is 0 Å². The van der Waals surface area contributed by atoms with Gasteiger partial charge in [-0.25, -0.2) is 4.79 Å². The van der Waals surface area contributed by atoms with Crippen molar-refractivity contribution in [1.29, 1.82) is 0 Å². The molecule has 1 amide bonds. The highest BCUT2D eigenvalue weighted by Crippen LogP contribution is 2.02. The molecule has 0 aromatic carbocycles. The molecule has 6 heteroatoms. The zero-order valence-electron chi connectivity index (χ0n) is 11.5. The number of likely N-dealkylation sites (N-methyl/N-ethyl adjacent to an activating group) is 1. The van der Waals surface area contributed by atoms with Crippen molar-refractivity contribution < 1.29 is 14.7 Å². The second kappa shape index (κ2) is 5.69. The Hall–Kier alpha value is -2.11. The van der Waals surface area contributed by atoms with Crippen LogP contribution in [0.2, 0.25) is 0 Å². The minimum atomic E-state index is -1.29. The van der Waals surface area contributed by atoms with Crippen molar-refractivity contribution in [3.8, 4) is 0 Å². The summed E-state index contributed by atoms with van der Waals surface area (Å²) in [7, 11) is 1.65. The number of hydrogen-bond donors (Lipinski definition) is 1. The average molecular weight is 266 g/mol. The quantitative estimate of drug-likeness (QED) is 0.871. The maximum atomic E-state index is 12.0. The Morgan fingerprint density at radius 3 is 2.42 bits per heavy atom. The van der Waals surface area contributed by atoms with Gasteiger partial charge in [0, 0.05) is 18.8 Å². The molecule has 1 rings (SSSR count). The highest BCUT2D eigenvalue weighted by Gasteiger charge is 2.17. The molecular formula is C13H18N2O4. The first kappa shape index (κ1) is 14.9. The molecule has 1 N–H and O–H groups in total. The summed E-state index contributed by atoms with van der Waals surface area (Å²) in [6, 6.07) is 2.80. The fourth-order valence-electron chi connectivity index (χ4n) is 1.56. The second-order valence-corrected chi connectivity index (χ2v) is 4.68. The largest absolute Gasteiger partial charge is 0.477 e. The molecule has 0 radical (unpaired) electrons. The minimum Gasteiger partial charge on any atom is -0.477 e. The van der Waals surface area contributed by atoms with Crippen LogP contribution >= 0.6 is 0 Å². The first-order valence-corrected chi connectivity index (χ1v) is 5.95. The SMILES string of the molecule is Cc1ccc(C(=O)O)c(=O)n1CC(=O)N(C)C(C)C. The molecule has 0 aliphatic rings. The number of carbonyl (C=O) groups is 2. The first-order chi connectivity index (χ1) is 8.75. The number of carboxylic acid groups (broad SMARTS) is 1. The number of aromatic carboxylic acids is 1. The number of pyridine rings is 1. The van der Waals surface area contributed by atoms with Crippen molar-refractivity contribution in [2.45, 2.75) is 33.4 Å². The lowest BCUT2D eigenvalue weighted by atomic mass is 10.2. The van der Waals surface area contributed by atoms with Gasteiger partial charge in [0.1, 0.15) is 12.1 Å². The van der Waals surface area contributed by atoms with E-state index in [1.165, 1.54) is 21.6 Å². The Labute approximate surface area is 111 Å². The number of amides is 1. The van der Waals surface area contributed by atoms with E-state index >= 15 is 0 Å². The Kier molecular flexibility index (Phi) is 4.47. The molecule has 1 heterocycles. The molecule has 1 aromatic rings. The Balaban J connectivity index is 3.15. The van der Waals surface area contributed by atoms with E-state index < -0.39 is 11.5 Å². The molecule has 0 spiro atoms. The third kappa shape index (κ3) is 3.21. The highest BCUT2D eigenvalue weighted by molar-refractivity contribution is 5.87.